The van der Waals surface area contributed by atoms with Crippen molar-refractivity contribution < 1.29 is 14.7 Å². The lowest BCUT2D eigenvalue weighted by molar-refractivity contribution is 0.0696. The van der Waals surface area contributed by atoms with Crippen molar-refractivity contribution in [2.24, 2.45) is 0 Å². The molecule has 0 spiro atoms. The van der Waals surface area contributed by atoms with Crippen LogP contribution in [0.2, 0.25) is 0 Å². The molecule has 118 valence electrons. The zero-order chi connectivity index (χ0) is 16.2. The number of aryl methyl sites for hydroxylation is 1. The summed E-state index contributed by atoms with van der Waals surface area (Å²) in [6.07, 6.45) is 4.36. The molecule has 23 heavy (non-hydrogen) atoms. The Morgan fingerprint density at radius 3 is 2.70 bits per heavy atom. The summed E-state index contributed by atoms with van der Waals surface area (Å²) in [5.74, 6) is -0.709. The maximum atomic E-state index is 12.4. The van der Waals surface area contributed by atoms with Gasteiger partial charge in [-0.2, -0.15) is 0 Å². The van der Waals surface area contributed by atoms with Gasteiger partial charge in [0.2, 0.25) is 0 Å². The van der Waals surface area contributed by atoms with Gasteiger partial charge in [0.05, 0.1) is 12.1 Å². The number of nitrogens with one attached hydrogen (secondary N) is 1. The predicted molar refractivity (Wildman–Crippen MR) is 83.3 cm³/mol. The summed E-state index contributed by atoms with van der Waals surface area (Å²) in [6.45, 7) is 0.819. The molecular weight excluding hydrogens is 296 g/mol. The molecule has 3 rings (SSSR count). The van der Waals surface area contributed by atoms with Crippen LogP contribution in [0.3, 0.4) is 0 Å². The third-order valence-electron chi connectivity index (χ3n) is 3.71. The van der Waals surface area contributed by atoms with Crippen molar-refractivity contribution in [3.05, 3.63) is 53.6 Å². The molecule has 0 saturated heterocycles. The topological polar surface area (TPSA) is 95.4 Å². The average Bonchev–Trinajstić information content (AvgIpc) is 2.59. The summed E-state index contributed by atoms with van der Waals surface area (Å²) in [4.78, 5) is 32.7. The maximum Gasteiger partial charge on any atom is 0.338 e. The van der Waals surface area contributed by atoms with E-state index in [-0.39, 0.29) is 18.1 Å². The van der Waals surface area contributed by atoms with E-state index in [9.17, 15) is 9.59 Å². The second-order valence-corrected chi connectivity index (χ2v) is 5.24. The predicted octanol–water partition coefficient (Wildman–Crippen LogP) is 1.84. The Hall–Kier alpha value is -2.96. The maximum absolute atomic E-state index is 12.4. The highest BCUT2D eigenvalue weighted by molar-refractivity contribution is 5.93. The van der Waals surface area contributed by atoms with Gasteiger partial charge in [0.25, 0.3) is 0 Å². The van der Waals surface area contributed by atoms with Crippen LogP contribution in [-0.4, -0.2) is 33.6 Å². The highest BCUT2D eigenvalue weighted by atomic mass is 16.4. The number of nitrogens with zero attached hydrogens (tertiary/aromatic N) is 3. The standard InChI is InChI=1S/C16H16N4O3/c21-15(22)12-8-17-14(18-9-12)10-19-16(23)20-7-3-5-11-4-1-2-6-13(11)20/h1-2,4,6,8-9H,3,5,7,10H2,(H,19,23)(H,21,22). The molecule has 0 unspecified atom stereocenters. The molecule has 1 aliphatic heterocycles. The summed E-state index contributed by atoms with van der Waals surface area (Å²) < 4.78 is 0. The highest BCUT2D eigenvalue weighted by Gasteiger charge is 2.21. The molecule has 2 amide bonds. The number of hydrogen-bond acceptors (Lipinski definition) is 4. The Kier molecular flexibility index (Phi) is 4.18. The second kappa shape index (κ2) is 6.43. The normalized spacial score (nSPS) is 13.3. The Morgan fingerprint density at radius 2 is 1.96 bits per heavy atom. The minimum absolute atomic E-state index is 0.0186. The molecule has 0 atom stereocenters. The summed E-state index contributed by atoms with van der Waals surface area (Å²) >= 11 is 0. The number of carboxylic acids is 1. The minimum Gasteiger partial charge on any atom is -0.478 e. The molecule has 0 radical (unpaired) electrons. The van der Waals surface area contributed by atoms with E-state index in [2.05, 4.69) is 15.3 Å². The first-order valence-electron chi connectivity index (χ1n) is 7.32. The lowest BCUT2D eigenvalue weighted by Gasteiger charge is -2.29. The van der Waals surface area contributed by atoms with Gasteiger partial charge in [-0.3, -0.25) is 4.90 Å². The van der Waals surface area contributed by atoms with E-state index in [1.165, 1.54) is 12.4 Å². The summed E-state index contributed by atoms with van der Waals surface area (Å²) in [6, 6.07) is 7.65. The Morgan fingerprint density at radius 1 is 1.22 bits per heavy atom. The van der Waals surface area contributed by atoms with E-state index in [4.69, 9.17) is 5.11 Å². The van der Waals surface area contributed by atoms with E-state index in [1.54, 1.807) is 4.90 Å². The number of aromatic nitrogens is 2. The number of carbonyl (C=O) groups is 2. The minimum atomic E-state index is -1.08. The largest absolute Gasteiger partial charge is 0.478 e. The fraction of sp³-hybridized carbons (Fsp3) is 0.250. The number of anilines is 1. The van der Waals surface area contributed by atoms with Gasteiger partial charge in [0.15, 0.2) is 0 Å². The number of urea groups is 1. The number of rotatable bonds is 3. The smallest absolute Gasteiger partial charge is 0.338 e. The van der Waals surface area contributed by atoms with Gasteiger partial charge >= 0.3 is 12.0 Å². The fourth-order valence-corrected chi connectivity index (χ4v) is 2.55. The zero-order valence-corrected chi connectivity index (χ0v) is 12.4. The lowest BCUT2D eigenvalue weighted by Crippen LogP contribution is -2.42. The number of benzene rings is 1. The number of carbonyl (C=O) groups excluding carboxylic acids is 1. The van der Waals surface area contributed by atoms with Crippen LogP contribution in [0.4, 0.5) is 10.5 Å². The van der Waals surface area contributed by atoms with Gasteiger partial charge in [-0.1, -0.05) is 18.2 Å². The third-order valence-corrected chi connectivity index (χ3v) is 3.71. The molecule has 0 bridgehead atoms. The number of aromatic carboxylic acids is 1. The summed E-state index contributed by atoms with van der Waals surface area (Å²) in [7, 11) is 0. The number of carboxylic acid groups (broad SMARTS) is 1. The molecule has 0 saturated carbocycles. The number of para-hydroxylation sites is 1. The Balaban J connectivity index is 1.65. The van der Waals surface area contributed by atoms with Crippen molar-refractivity contribution in [1.82, 2.24) is 15.3 Å². The third kappa shape index (κ3) is 3.28. The molecule has 1 aliphatic rings. The van der Waals surface area contributed by atoms with E-state index >= 15 is 0 Å². The van der Waals surface area contributed by atoms with Crippen LogP contribution in [0.15, 0.2) is 36.7 Å². The van der Waals surface area contributed by atoms with Crippen LogP contribution < -0.4 is 10.2 Å². The second-order valence-electron chi connectivity index (χ2n) is 5.24. The Labute approximate surface area is 133 Å². The molecule has 0 aliphatic carbocycles. The quantitative estimate of drug-likeness (QED) is 0.901. The van der Waals surface area contributed by atoms with Crippen molar-refractivity contribution in [3.63, 3.8) is 0 Å². The molecule has 0 fully saturated rings. The molecule has 1 aromatic heterocycles. The Bertz CT molecular complexity index is 730. The van der Waals surface area contributed by atoms with Crippen LogP contribution in [-0.2, 0) is 13.0 Å². The molecule has 2 N–H and O–H groups in total. The van der Waals surface area contributed by atoms with Crippen LogP contribution in [0, 0.1) is 0 Å². The van der Waals surface area contributed by atoms with Crippen LogP contribution >= 0.6 is 0 Å². The number of amides is 2. The van der Waals surface area contributed by atoms with Crippen LogP contribution in [0.5, 0.6) is 0 Å². The summed E-state index contributed by atoms with van der Waals surface area (Å²) in [5.41, 5.74) is 2.11. The fourth-order valence-electron chi connectivity index (χ4n) is 2.55. The first-order valence-corrected chi connectivity index (χ1v) is 7.32. The monoisotopic (exact) mass is 312 g/mol. The van der Waals surface area contributed by atoms with Crippen LogP contribution in [0.1, 0.15) is 28.2 Å². The SMILES string of the molecule is O=C(O)c1cnc(CNC(=O)N2CCCc3ccccc32)nc1. The lowest BCUT2D eigenvalue weighted by atomic mass is 10.0. The van der Waals surface area contributed by atoms with Crippen molar-refractivity contribution in [2.45, 2.75) is 19.4 Å². The van der Waals surface area contributed by atoms with Gasteiger partial charge in [0, 0.05) is 24.6 Å². The molecule has 1 aromatic carbocycles. The average molecular weight is 312 g/mol. The van der Waals surface area contributed by atoms with E-state index in [1.807, 2.05) is 24.3 Å². The molecule has 2 heterocycles. The van der Waals surface area contributed by atoms with E-state index in [0.717, 1.165) is 24.1 Å². The van der Waals surface area contributed by atoms with Crippen molar-refractivity contribution >= 4 is 17.7 Å². The number of hydrogen-bond donors (Lipinski definition) is 2. The molecule has 2 aromatic rings. The zero-order valence-electron chi connectivity index (χ0n) is 12.4. The van der Waals surface area contributed by atoms with Gasteiger partial charge in [0.1, 0.15) is 5.82 Å². The van der Waals surface area contributed by atoms with E-state index in [0.29, 0.717) is 12.4 Å². The first kappa shape index (κ1) is 15.0. The van der Waals surface area contributed by atoms with Crippen molar-refractivity contribution in [3.8, 4) is 0 Å². The summed E-state index contributed by atoms with van der Waals surface area (Å²) in [5, 5.41) is 11.6. The van der Waals surface area contributed by atoms with Gasteiger partial charge < -0.3 is 10.4 Å². The van der Waals surface area contributed by atoms with Crippen LogP contribution in [0.25, 0.3) is 0 Å². The van der Waals surface area contributed by atoms with Gasteiger partial charge in [-0.05, 0) is 24.5 Å². The molecular formula is C16H16N4O3. The van der Waals surface area contributed by atoms with E-state index < -0.39 is 5.97 Å². The van der Waals surface area contributed by atoms with Crippen molar-refractivity contribution in [1.29, 1.82) is 0 Å². The molecule has 7 nitrogen and oxygen atoms in total. The first-order chi connectivity index (χ1) is 11.1. The highest BCUT2D eigenvalue weighted by Crippen LogP contribution is 2.26. The molecule has 7 heteroatoms. The number of fused-ring (bicyclic) bond motifs is 1. The van der Waals surface area contributed by atoms with Gasteiger partial charge in [-0.25, -0.2) is 19.6 Å². The van der Waals surface area contributed by atoms with Gasteiger partial charge in [-0.15, -0.1) is 0 Å². The van der Waals surface area contributed by atoms with Crippen molar-refractivity contribution in [2.75, 3.05) is 11.4 Å².